The SMILES string of the molecule is COc1ccc(CN(CCc2c[nH]c3ccccc23)C(=O)C(C)C)cc1OCc1ccccc1. The number of aromatic amines is 1. The molecule has 0 saturated carbocycles. The molecular weight excluding hydrogens is 424 g/mol. The van der Waals surface area contributed by atoms with E-state index in [9.17, 15) is 4.79 Å². The van der Waals surface area contributed by atoms with Crippen molar-refractivity contribution in [2.24, 2.45) is 5.92 Å². The molecule has 4 rings (SSSR count). The van der Waals surface area contributed by atoms with E-state index in [-0.39, 0.29) is 11.8 Å². The number of rotatable bonds is 10. The number of carbonyl (C=O) groups is 1. The van der Waals surface area contributed by atoms with E-state index in [1.807, 2.05) is 85.6 Å². The number of ether oxygens (including phenoxy) is 2. The number of hydrogen-bond donors (Lipinski definition) is 1. The zero-order valence-corrected chi connectivity index (χ0v) is 20.1. The van der Waals surface area contributed by atoms with Gasteiger partial charge in [-0.05, 0) is 41.3 Å². The first-order valence-electron chi connectivity index (χ1n) is 11.7. The van der Waals surface area contributed by atoms with E-state index in [0.29, 0.717) is 31.2 Å². The van der Waals surface area contributed by atoms with Crippen LogP contribution in [0.3, 0.4) is 0 Å². The summed E-state index contributed by atoms with van der Waals surface area (Å²) in [7, 11) is 1.64. The summed E-state index contributed by atoms with van der Waals surface area (Å²) in [4.78, 5) is 18.3. The summed E-state index contributed by atoms with van der Waals surface area (Å²) < 4.78 is 11.6. The van der Waals surface area contributed by atoms with Gasteiger partial charge in [0.15, 0.2) is 11.5 Å². The van der Waals surface area contributed by atoms with Crippen molar-refractivity contribution in [2.45, 2.75) is 33.4 Å². The van der Waals surface area contributed by atoms with Crippen LogP contribution in [0.1, 0.15) is 30.5 Å². The van der Waals surface area contributed by atoms with Gasteiger partial charge in [-0.3, -0.25) is 4.79 Å². The van der Waals surface area contributed by atoms with Crippen molar-refractivity contribution in [3.63, 3.8) is 0 Å². The molecule has 0 spiro atoms. The average Bonchev–Trinajstić information content (AvgIpc) is 3.28. The summed E-state index contributed by atoms with van der Waals surface area (Å²) in [5.74, 6) is 1.43. The van der Waals surface area contributed by atoms with Gasteiger partial charge in [-0.15, -0.1) is 0 Å². The van der Waals surface area contributed by atoms with Crippen LogP contribution in [0.2, 0.25) is 0 Å². The molecule has 5 nitrogen and oxygen atoms in total. The molecule has 176 valence electrons. The normalized spacial score (nSPS) is 11.1. The van der Waals surface area contributed by atoms with Crippen molar-refractivity contribution in [1.29, 1.82) is 0 Å². The van der Waals surface area contributed by atoms with Gasteiger partial charge in [0.05, 0.1) is 7.11 Å². The number of nitrogens with one attached hydrogen (secondary N) is 1. The minimum atomic E-state index is -0.0741. The summed E-state index contributed by atoms with van der Waals surface area (Å²) in [6.45, 7) is 5.51. The van der Waals surface area contributed by atoms with Gasteiger partial charge in [0.25, 0.3) is 0 Å². The zero-order valence-electron chi connectivity index (χ0n) is 20.1. The summed E-state index contributed by atoms with van der Waals surface area (Å²) in [5.41, 5.74) is 4.44. The van der Waals surface area contributed by atoms with E-state index in [0.717, 1.165) is 23.1 Å². The highest BCUT2D eigenvalue weighted by molar-refractivity contribution is 5.83. The first kappa shape index (κ1) is 23.4. The van der Waals surface area contributed by atoms with Gasteiger partial charge in [0.1, 0.15) is 6.61 Å². The summed E-state index contributed by atoms with van der Waals surface area (Å²) in [6.07, 6.45) is 2.83. The predicted molar refractivity (Wildman–Crippen MR) is 136 cm³/mol. The van der Waals surface area contributed by atoms with Crippen molar-refractivity contribution < 1.29 is 14.3 Å². The molecule has 4 aromatic rings. The Bertz CT molecular complexity index is 1230. The van der Waals surface area contributed by atoms with Crippen molar-refractivity contribution in [2.75, 3.05) is 13.7 Å². The number of benzene rings is 3. The largest absolute Gasteiger partial charge is 0.493 e. The van der Waals surface area contributed by atoms with E-state index in [1.54, 1.807) is 7.11 Å². The topological polar surface area (TPSA) is 54.6 Å². The molecule has 0 aliphatic heterocycles. The number of hydrogen-bond acceptors (Lipinski definition) is 3. The third kappa shape index (κ3) is 5.60. The lowest BCUT2D eigenvalue weighted by molar-refractivity contribution is -0.135. The molecule has 1 aromatic heterocycles. The number of aromatic nitrogens is 1. The average molecular weight is 457 g/mol. The minimum absolute atomic E-state index is 0.0741. The Labute approximate surface area is 201 Å². The lowest BCUT2D eigenvalue weighted by Gasteiger charge is -2.25. The van der Waals surface area contributed by atoms with E-state index < -0.39 is 0 Å². The highest BCUT2D eigenvalue weighted by Gasteiger charge is 2.19. The predicted octanol–water partition coefficient (Wildman–Crippen LogP) is 5.98. The molecular formula is C29H32N2O3. The molecule has 1 N–H and O–H groups in total. The number of para-hydroxylation sites is 1. The van der Waals surface area contributed by atoms with Crippen LogP contribution in [-0.2, 0) is 24.4 Å². The summed E-state index contributed by atoms with van der Waals surface area (Å²) in [6, 6.07) is 24.2. The monoisotopic (exact) mass is 456 g/mol. The van der Waals surface area contributed by atoms with Crippen molar-refractivity contribution in [3.05, 3.63) is 95.7 Å². The Morgan fingerprint density at radius 1 is 0.941 bits per heavy atom. The smallest absolute Gasteiger partial charge is 0.225 e. The van der Waals surface area contributed by atoms with Gasteiger partial charge < -0.3 is 19.4 Å². The zero-order chi connectivity index (χ0) is 23.9. The Balaban J connectivity index is 1.50. The Morgan fingerprint density at radius 2 is 1.71 bits per heavy atom. The fourth-order valence-electron chi connectivity index (χ4n) is 4.11. The maximum atomic E-state index is 13.1. The quantitative estimate of drug-likeness (QED) is 0.319. The second kappa shape index (κ2) is 10.9. The lowest BCUT2D eigenvalue weighted by atomic mass is 10.1. The third-order valence-corrected chi connectivity index (χ3v) is 5.97. The van der Waals surface area contributed by atoms with Gasteiger partial charge in [0.2, 0.25) is 5.91 Å². The van der Waals surface area contributed by atoms with E-state index in [1.165, 1.54) is 10.9 Å². The van der Waals surface area contributed by atoms with Crippen LogP contribution < -0.4 is 9.47 Å². The van der Waals surface area contributed by atoms with Crippen LogP contribution in [0.5, 0.6) is 11.5 Å². The summed E-state index contributed by atoms with van der Waals surface area (Å²) >= 11 is 0. The maximum absolute atomic E-state index is 13.1. The second-order valence-corrected chi connectivity index (χ2v) is 8.78. The van der Waals surface area contributed by atoms with Crippen LogP contribution in [0.25, 0.3) is 10.9 Å². The third-order valence-electron chi connectivity index (χ3n) is 5.97. The van der Waals surface area contributed by atoms with Gasteiger partial charge >= 0.3 is 0 Å². The highest BCUT2D eigenvalue weighted by Crippen LogP contribution is 2.30. The molecule has 0 aliphatic rings. The van der Waals surface area contributed by atoms with Gasteiger partial charge in [0, 0.05) is 36.1 Å². The van der Waals surface area contributed by atoms with Crippen LogP contribution in [0, 0.1) is 5.92 Å². The molecule has 3 aromatic carbocycles. The Morgan fingerprint density at radius 3 is 2.47 bits per heavy atom. The molecule has 0 bridgehead atoms. The molecule has 0 aliphatic carbocycles. The van der Waals surface area contributed by atoms with Crippen LogP contribution in [0.4, 0.5) is 0 Å². The fraction of sp³-hybridized carbons (Fsp3) is 0.276. The van der Waals surface area contributed by atoms with E-state index in [2.05, 4.69) is 17.1 Å². The highest BCUT2D eigenvalue weighted by atomic mass is 16.5. The van der Waals surface area contributed by atoms with E-state index >= 15 is 0 Å². The fourth-order valence-corrected chi connectivity index (χ4v) is 4.11. The lowest BCUT2D eigenvalue weighted by Crippen LogP contribution is -2.35. The second-order valence-electron chi connectivity index (χ2n) is 8.78. The van der Waals surface area contributed by atoms with Crippen LogP contribution in [-0.4, -0.2) is 29.4 Å². The number of nitrogens with zero attached hydrogens (tertiary/aromatic N) is 1. The maximum Gasteiger partial charge on any atom is 0.225 e. The molecule has 1 amide bonds. The number of carbonyl (C=O) groups excluding carboxylic acids is 1. The van der Waals surface area contributed by atoms with Gasteiger partial charge in [-0.1, -0.05) is 68.4 Å². The molecule has 0 saturated heterocycles. The van der Waals surface area contributed by atoms with Crippen LogP contribution >= 0.6 is 0 Å². The number of amides is 1. The molecule has 0 fully saturated rings. The molecule has 0 unspecified atom stereocenters. The number of fused-ring (bicyclic) bond motifs is 1. The molecule has 0 radical (unpaired) electrons. The molecule has 0 atom stereocenters. The molecule has 1 heterocycles. The van der Waals surface area contributed by atoms with E-state index in [4.69, 9.17) is 9.47 Å². The number of methoxy groups -OCH3 is 1. The minimum Gasteiger partial charge on any atom is -0.493 e. The van der Waals surface area contributed by atoms with Crippen LogP contribution in [0.15, 0.2) is 79.0 Å². The van der Waals surface area contributed by atoms with Crippen molar-refractivity contribution in [1.82, 2.24) is 9.88 Å². The molecule has 5 heteroatoms. The Kier molecular flexibility index (Phi) is 7.53. The standard InChI is InChI=1S/C29H32N2O3/c1-21(2)29(32)31(16-15-24-18-30-26-12-8-7-11-25(24)26)19-23-13-14-27(33-3)28(17-23)34-20-22-9-5-4-6-10-22/h4-14,17-18,21,30H,15-16,19-20H2,1-3H3. The molecule has 34 heavy (non-hydrogen) atoms. The van der Waals surface area contributed by atoms with Gasteiger partial charge in [-0.2, -0.15) is 0 Å². The van der Waals surface area contributed by atoms with Crippen molar-refractivity contribution in [3.8, 4) is 11.5 Å². The Hall–Kier alpha value is -3.73. The van der Waals surface area contributed by atoms with Crippen molar-refractivity contribution >= 4 is 16.8 Å². The first-order chi connectivity index (χ1) is 16.5. The first-order valence-corrected chi connectivity index (χ1v) is 11.7. The summed E-state index contributed by atoms with van der Waals surface area (Å²) in [5, 5.41) is 1.21. The number of H-pyrrole nitrogens is 1. The van der Waals surface area contributed by atoms with Gasteiger partial charge in [-0.25, -0.2) is 0 Å².